The Morgan fingerprint density at radius 3 is 2.81 bits per heavy atom. The van der Waals surface area contributed by atoms with Crippen molar-refractivity contribution in [3.63, 3.8) is 0 Å². The minimum atomic E-state index is -1.27. The Bertz CT molecular complexity index is 555. The zero-order valence-electron chi connectivity index (χ0n) is 7.65. The Morgan fingerprint density at radius 2 is 2.19 bits per heavy atom. The van der Waals surface area contributed by atoms with Crippen molar-refractivity contribution >= 4 is 33.5 Å². The maximum atomic E-state index is 10.6. The smallest absolute Gasteiger partial charge is 0.393 e. The number of hydrogen-bond donors (Lipinski definition) is 1. The molecule has 1 aromatic heterocycles. The quantitative estimate of drug-likeness (QED) is 0.923. The highest BCUT2D eigenvalue weighted by Gasteiger charge is 2.16. The Morgan fingerprint density at radius 1 is 1.44 bits per heavy atom. The lowest BCUT2D eigenvalue weighted by Crippen LogP contribution is -1.95. The first kappa shape index (κ1) is 11.1. The van der Waals surface area contributed by atoms with Crippen LogP contribution in [0.15, 0.2) is 27.1 Å². The van der Waals surface area contributed by atoms with Gasteiger partial charge in [-0.25, -0.2) is 4.79 Å². The zero-order chi connectivity index (χ0) is 11.7. The molecule has 82 valence electrons. The SMILES string of the molecule is O=C(O)c1nnc(-c2cc(Cl)ccc2Br)o1. The lowest BCUT2D eigenvalue weighted by Gasteiger charge is -1.98. The van der Waals surface area contributed by atoms with E-state index in [1.807, 2.05) is 0 Å². The molecule has 0 spiro atoms. The summed E-state index contributed by atoms with van der Waals surface area (Å²) in [5.41, 5.74) is 0.549. The lowest BCUT2D eigenvalue weighted by atomic mass is 10.2. The van der Waals surface area contributed by atoms with Gasteiger partial charge in [0.25, 0.3) is 0 Å². The molecule has 2 aromatic rings. The fraction of sp³-hybridized carbons (Fsp3) is 0. The number of hydrogen-bond acceptors (Lipinski definition) is 4. The Labute approximate surface area is 103 Å². The predicted molar refractivity (Wildman–Crippen MR) is 59.4 cm³/mol. The van der Waals surface area contributed by atoms with Crippen LogP contribution in [-0.4, -0.2) is 21.3 Å². The second-order valence-electron chi connectivity index (χ2n) is 2.84. The average molecular weight is 303 g/mol. The largest absolute Gasteiger partial charge is 0.474 e. The van der Waals surface area contributed by atoms with Crippen LogP contribution >= 0.6 is 27.5 Å². The van der Waals surface area contributed by atoms with E-state index < -0.39 is 11.9 Å². The van der Waals surface area contributed by atoms with Gasteiger partial charge in [0.05, 0.1) is 5.56 Å². The molecule has 1 aromatic carbocycles. The minimum Gasteiger partial charge on any atom is -0.474 e. The van der Waals surface area contributed by atoms with E-state index in [1.165, 1.54) is 0 Å². The number of nitrogens with zero attached hydrogens (tertiary/aromatic N) is 2. The van der Waals surface area contributed by atoms with Crippen molar-refractivity contribution in [1.29, 1.82) is 0 Å². The van der Waals surface area contributed by atoms with Crippen LogP contribution in [0.4, 0.5) is 0 Å². The van der Waals surface area contributed by atoms with E-state index in [4.69, 9.17) is 21.1 Å². The maximum Gasteiger partial charge on any atom is 0.393 e. The van der Waals surface area contributed by atoms with Gasteiger partial charge < -0.3 is 9.52 Å². The number of carbonyl (C=O) groups is 1. The van der Waals surface area contributed by atoms with Crippen LogP contribution in [0.3, 0.4) is 0 Å². The van der Waals surface area contributed by atoms with Crippen LogP contribution in [0, 0.1) is 0 Å². The normalized spacial score (nSPS) is 10.4. The van der Waals surface area contributed by atoms with Crippen molar-refractivity contribution in [2.75, 3.05) is 0 Å². The fourth-order valence-electron chi connectivity index (χ4n) is 1.08. The summed E-state index contributed by atoms with van der Waals surface area (Å²) in [5, 5.41) is 16.1. The number of rotatable bonds is 2. The third-order valence-corrected chi connectivity index (χ3v) is 2.69. The number of carboxylic acid groups (broad SMARTS) is 1. The van der Waals surface area contributed by atoms with Crippen molar-refractivity contribution in [2.45, 2.75) is 0 Å². The van der Waals surface area contributed by atoms with Crippen molar-refractivity contribution in [3.8, 4) is 11.5 Å². The molecule has 1 N–H and O–H groups in total. The van der Waals surface area contributed by atoms with E-state index in [0.717, 1.165) is 0 Å². The van der Waals surface area contributed by atoms with Crippen LogP contribution in [-0.2, 0) is 0 Å². The van der Waals surface area contributed by atoms with Gasteiger partial charge in [0, 0.05) is 9.50 Å². The Hall–Kier alpha value is -1.40. The molecule has 0 aliphatic carbocycles. The molecule has 2 rings (SSSR count). The molecule has 0 unspecified atom stereocenters. The summed E-state index contributed by atoms with van der Waals surface area (Å²) in [7, 11) is 0. The molecule has 1 heterocycles. The molecule has 0 saturated carbocycles. The monoisotopic (exact) mass is 302 g/mol. The van der Waals surface area contributed by atoms with E-state index in [9.17, 15) is 4.79 Å². The highest BCUT2D eigenvalue weighted by Crippen LogP contribution is 2.29. The fourth-order valence-corrected chi connectivity index (χ4v) is 1.67. The summed E-state index contributed by atoms with van der Waals surface area (Å²) in [6.07, 6.45) is 0. The van der Waals surface area contributed by atoms with E-state index in [0.29, 0.717) is 15.1 Å². The van der Waals surface area contributed by atoms with Crippen LogP contribution in [0.2, 0.25) is 5.02 Å². The molecule has 5 nitrogen and oxygen atoms in total. The first-order valence-corrected chi connectivity index (χ1v) is 5.27. The van der Waals surface area contributed by atoms with Gasteiger partial charge in [-0.05, 0) is 34.1 Å². The first-order chi connectivity index (χ1) is 7.58. The van der Waals surface area contributed by atoms with Gasteiger partial charge >= 0.3 is 11.9 Å². The number of aromatic carboxylic acids is 1. The van der Waals surface area contributed by atoms with Crippen LogP contribution in [0.1, 0.15) is 10.7 Å². The first-order valence-electron chi connectivity index (χ1n) is 4.10. The summed E-state index contributed by atoms with van der Waals surface area (Å²) in [5.74, 6) is -1.62. The molecule has 0 bridgehead atoms. The van der Waals surface area contributed by atoms with Gasteiger partial charge in [-0.15, -0.1) is 10.2 Å². The molecule has 0 saturated heterocycles. The average Bonchev–Trinajstić information content (AvgIpc) is 2.70. The second-order valence-corrected chi connectivity index (χ2v) is 4.13. The molecule has 0 fully saturated rings. The summed E-state index contributed by atoms with van der Waals surface area (Å²) in [6.45, 7) is 0. The number of carboxylic acids is 1. The lowest BCUT2D eigenvalue weighted by molar-refractivity contribution is 0.0654. The molecule has 0 radical (unpaired) electrons. The molecule has 16 heavy (non-hydrogen) atoms. The van der Waals surface area contributed by atoms with E-state index >= 15 is 0 Å². The summed E-state index contributed by atoms with van der Waals surface area (Å²) < 4.78 is 5.65. The second kappa shape index (κ2) is 4.23. The third kappa shape index (κ3) is 2.07. The molecule has 7 heteroatoms. The van der Waals surface area contributed by atoms with Gasteiger partial charge in [0.1, 0.15) is 0 Å². The summed E-state index contributed by atoms with van der Waals surface area (Å²) >= 11 is 9.09. The van der Waals surface area contributed by atoms with E-state index in [2.05, 4.69) is 26.1 Å². The molecule has 0 aliphatic rings. The molecule has 0 amide bonds. The van der Waals surface area contributed by atoms with E-state index in [1.54, 1.807) is 18.2 Å². The highest BCUT2D eigenvalue weighted by atomic mass is 79.9. The van der Waals surface area contributed by atoms with Gasteiger partial charge in [-0.2, -0.15) is 0 Å². The molecule has 0 aliphatic heterocycles. The third-order valence-electron chi connectivity index (χ3n) is 1.77. The van der Waals surface area contributed by atoms with Crippen molar-refractivity contribution in [2.24, 2.45) is 0 Å². The maximum absolute atomic E-state index is 10.6. The van der Waals surface area contributed by atoms with E-state index in [-0.39, 0.29) is 5.89 Å². The minimum absolute atomic E-state index is 0.103. The van der Waals surface area contributed by atoms with Crippen LogP contribution < -0.4 is 0 Å². The number of aromatic nitrogens is 2. The molecular weight excluding hydrogens is 299 g/mol. The van der Waals surface area contributed by atoms with Crippen molar-refractivity contribution < 1.29 is 14.3 Å². The Kier molecular flexibility index (Phi) is 2.93. The van der Waals surface area contributed by atoms with Crippen LogP contribution in [0.5, 0.6) is 0 Å². The van der Waals surface area contributed by atoms with Crippen molar-refractivity contribution in [1.82, 2.24) is 10.2 Å². The zero-order valence-corrected chi connectivity index (χ0v) is 9.99. The Balaban J connectivity index is 2.50. The standard InChI is InChI=1S/C9H4BrClN2O3/c10-6-2-1-4(11)3-5(6)7-12-13-8(16-7)9(14)15/h1-3H,(H,14,15). The number of halogens is 2. The van der Waals surface area contributed by atoms with Crippen molar-refractivity contribution in [3.05, 3.63) is 33.6 Å². The van der Waals surface area contributed by atoms with Gasteiger partial charge in [0.2, 0.25) is 5.89 Å². The summed E-state index contributed by atoms with van der Waals surface area (Å²) in [4.78, 5) is 10.6. The summed E-state index contributed by atoms with van der Waals surface area (Å²) in [6, 6.07) is 5.00. The van der Waals surface area contributed by atoms with Gasteiger partial charge in [-0.1, -0.05) is 11.6 Å². The number of benzene rings is 1. The predicted octanol–water partition coefficient (Wildman–Crippen LogP) is 2.85. The van der Waals surface area contributed by atoms with Gasteiger partial charge in [0.15, 0.2) is 0 Å². The van der Waals surface area contributed by atoms with Crippen LogP contribution in [0.25, 0.3) is 11.5 Å². The van der Waals surface area contributed by atoms with Gasteiger partial charge in [-0.3, -0.25) is 0 Å². The molecular formula is C9H4BrClN2O3. The molecule has 0 atom stereocenters. The topological polar surface area (TPSA) is 76.2 Å². The highest BCUT2D eigenvalue weighted by molar-refractivity contribution is 9.10.